The normalized spacial score (nSPS) is 11.9. The summed E-state index contributed by atoms with van der Waals surface area (Å²) >= 11 is 0. The van der Waals surface area contributed by atoms with Crippen LogP contribution in [-0.4, -0.2) is 20.2 Å². The van der Waals surface area contributed by atoms with Crippen molar-refractivity contribution in [2.24, 2.45) is 0 Å². The van der Waals surface area contributed by atoms with Crippen LogP contribution in [0.3, 0.4) is 0 Å². The lowest BCUT2D eigenvalue weighted by atomic mass is 10.0. The average molecular weight is 284 g/mol. The van der Waals surface area contributed by atoms with Gasteiger partial charge in [0.2, 0.25) is 0 Å². The van der Waals surface area contributed by atoms with Crippen LogP contribution in [0.15, 0.2) is 30.3 Å². The van der Waals surface area contributed by atoms with Crippen molar-refractivity contribution in [1.82, 2.24) is 20.2 Å². The molecule has 0 aliphatic heterocycles. The highest BCUT2D eigenvalue weighted by atomic mass is 15.5. The second kappa shape index (κ2) is 7.72. The summed E-state index contributed by atoms with van der Waals surface area (Å²) in [4.78, 5) is 0. The predicted molar refractivity (Wildman–Crippen MR) is 86.7 cm³/mol. The SMILES string of the molecule is C/C=C(/C)c1cccc(-c2nnnn2CCCCCC)c1. The lowest BCUT2D eigenvalue weighted by molar-refractivity contribution is 0.531. The van der Waals surface area contributed by atoms with E-state index in [-0.39, 0.29) is 0 Å². The van der Waals surface area contributed by atoms with Crippen LogP contribution < -0.4 is 0 Å². The molecule has 2 rings (SSSR count). The van der Waals surface area contributed by atoms with Gasteiger partial charge in [-0.1, -0.05) is 50.5 Å². The average Bonchev–Trinajstić information content (AvgIpc) is 2.99. The van der Waals surface area contributed by atoms with E-state index >= 15 is 0 Å². The van der Waals surface area contributed by atoms with E-state index in [1.807, 2.05) is 4.68 Å². The summed E-state index contributed by atoms with van der Waals surface area (Å²) in [5, 5.41) is 12.2. The van der Waals surface area contributed by atoms with Gasteiger partial charge in [0.05, 0.1) is 0 Å². The summed E-state index contributed by atoms with van der Waals surface area (Å²) in [5.74, 6) is 0.859. The summed E-state index contributed by atoms with van der Waals surface area (Å²) in [7, 11) is 0. The monoisotopic (exact) mass is 284 g/mol. The van der Waals surface area contributed by atoms with E-state index in [2.05, 4.69) is 66.6 Å². The Balaban J connectivity index is 2.17. The molecule has 0 amide bonds. The molecule has 0 radical (unpaired) electrons. The summed E-state index contributed by atoms with van der Waals surface area (Å²) < 4.78 is 1.92. The van der Waals surface area contributed by atoms with Crippen LogP contribution in [0, 0.1) is 0 Å². The van der Waals surface area contributed by atoms with Crippen LogP contribution >= 0.6 is 0 Å². The molecular weight excluding hydrogens is 260 g/mol. The third-order valence-electron chi connectivity index (χ3n) is 3.76. The molecule has 0 saturated heterocycles. The Morgan fingerprint density at radius 1 is 1.24 bits per heavy atom. The first kappa shape index (κ1) is 15.4. The van der Waals surface area contributed by atoms with E-state index < -0.39 is 0 Å². The van der Waals surface area contributed by atoms with Crippen LogP contribution in [-0.2, 0) is 6.54 Å². The minimum Gasteiger partial charge on any atom is -0.225 e. The van der Waals surface area contributed by atoms with Gasteiger partial charge in [-0.05, 0) is 47.9 Å². The molecular formula is C17H24N4. The van der Waals surface area contributed by atoms with Crippen molar-refractivity contribution in [3.05, 3.63) is 35.9 Å². The Morgan fingerprint density at radius 3 is 2.86 bits per heavy atom. The molecule has 0 aliphatic carbocycles. The maximum Gasteiger partial charge on any atom is 0.182 e. The van der Waals surface area contributed by atoms with Crippen molar-refractivity contribution in [2.75, 3.05) is 0 Å². The third-order valence-corrected chi connectivity index (χ3v) is 3.76. The summed E-state index contributed by atoms with van der Waals surface area (Å²) in [5.41, 5.74) is 3.56. The molecule has 0 unspecified atom stereocenters. The number of hydrogen-bond acceptors (Lipinski definition) is 3. The lowest BCUT2D eigenvalue weighted by Gasteiger charge is -2.07. The second-order valence-corrected chi connectivity index (χ2v) is 5.34. The molecule has 0 atom stereocenters. The van der Waals surface area contributed by atoms with Crippen molar-refractivity contribution in [3.63, 3.8) is 0 Å². The zero-order valence-electron chi connectivity index (χ0n) is 13.2. The minimum atomic E-state index is 0.859. The van der Waals surface area contributed by atoms with E-state index in [1.165, 1.54) is 30.4 Å². The first-order valence-electron chi connectivity index (χ1n) is 7.76. The topological polar surface area (TPSA) is 43.6 Å². The summed E-state index contributed by atoms with van der Waals surface area (Å²) in [6.45, 7) is 7.28. The minimum absolute atomic E-state index is 0.859. The molecule has 0 bridgehead atoms. The van der Waals surface area contributed by atoms with Gasteiger partial charge in [-0.3, -0.25) is 0 Å². The number of hydrogen-bond donors (Lipinski definition) is 0. The number of nitrogens with zero attached hydrogens (tertiary/aromatic N) is 4. The predicted octanol–water partition coefficient (Wildman–Crippen LogP) is 4.34. The molecule has 2 aromatic rings. The molecule has 112 valence electrons. The van der Waals surface area contributed by atoms with Crippen molar-refractivity contribution in [2.45, 2.75) is 53.0 Å². The van der Waals surface area contributed by atoms with Crippen LogP contribution in [0.1, 0.15) is 52.0 Å². The van der Waals surface area contributed by atoms with Crippen LogP contribution in [0.25, 0.3) is 17.0 Å². The fourth-order valence-corrected chi connectivity index (χ4v) is 2.32. The molecule has 4 nitrogen and oxygen atoms in total. The van der Waals surface area contributed by atoms with Gasteiger partial charge in [-0.2, -0.15) is 0 Å². The van der Waals surface area contributed by atoms with Gasteiger partial charge in [-0.15, -0.1) is 5.10 Å². The maximum absolute atomic E-state index is 4.19. The Bertz CT molecular complexity index is 598. The van der Waals surface area contributed by atoms with Crippen molar-refractivity contribution in [3.8, 4) is 11.4 Å². The molecule has 0 N–H and O–H groups in total. The van der Waals surface area contributed by atoms with Gasteiger partial charge in [-0.25, -0.2) is 4.68 Å². The van der Waals surface area contributed by atoms with E-state index in [9.17, 15) is 0 Å². The molecule has 4 heteroatoms. The highest BCUT2D eigenvalue weighted by Gasteiger charge is 2.09. The number of unbranched alkanes of at least 4 members (excludes halogenated alkanes) is 3. The van der Waals surface area contributed by atoms with Crippen LogP contribution in [0.4, 0.5) is 0 Å². The van der Waals surface area contributed by atoms with E-state index in [4.69, 9.17) is 0 Å². The van der Waals surface area contributed by atoms with E-state index in [0.717, 1.165) is 24.4 Å². The molecule has 0 aliphatic rings. The maximum atomic E-state index is 4.19. The Hall–Kier alpha value is -1.97. The third kappa shape index (κ3) is 4.00. The number of aryl methyl sites for hydroxylation is 1. The fourth-order valence-electron chi connectivity index (χ4n) is 2.32. The van der Waals surface area contributed by atoms with Gasteiger partial charge in [0.15, 0.2) is 5.82 Å². The van der Waals surface area contributed by atoms with Crippen LogP contribution in [0.2, 0.25) is 0 Å². The number of benzene rings is 1. The highest BCUT2D eigenvalue weighted by Crippen LogP contribution is 2.22. The van der Waals surface area contributed by atoms with Crippen molar-refractivity contribution < 1.29 is 0 Å². The smallest absolute Gasteiger partial charge is 0.182 e. The lowest BCUT2D eigenvalue weighted by Crippen LogP contribution is -2.03. The van der Waals surface area contributed by atoms with Gasteiger partial charge in [0.25, 0.3) is 0 Å². The van der Waals surface area contributed by atoms with Crippen molar-refractivity contribution in [1.29, 1.82) is 0 Å². The van der Waals surface area contributed by atoms with E-state index in [1.54, 1.807) is 0 Å². The van der Waals surface area contributed by atoms with Gasteiger partial charge < -0.3 is 0 Å². The Morgan fingerprint density at radius 2 is 2.10 bits per heavy atom. The molecule has 1 heterocycles. The molecule has 0 spiro atoms. The molecule has 0 fully saturated rings. The number of rotatable bonds is 7. The Labute approximate surface area is 126 Å². The van der Waals surface area contributed by atoms with Crippen LogP contribution in [0.5, 0.6) is 0 Å². The molecule has 0 saturated carbocycles. The summed E-state index contributed by atoms with van der Waals surface area (Å²) in [6.07, 6.45) is 6.99. The Kier molecular flexibility index (Phi) is 5.67. The number of allylic oxidation sites excluding steroid dienone is 2. The largest absolute Gasteiger partial charge is 0.225 e. The second-order valence-electron chi connectivity index (χ2n) is 5.34. The number of tetrazole rings is 1. The number of aromatic nitrogens is 4. The quantitative estimate of drug-likeness (QED) is 0.710. The van der Waals surface area contributed by atoms with Crippen molar-refractivity contribution >= 4 is 5.57 Å². The first-order valence-corrected chi connectivity index (χ1v) is 7.76. The molecule has 1 aromatic heterocycles. The van der Waals surface area contributed by atoms with E-state index in [0.29, 0.717) is 0 Å². The first-order chi connectivity index (χ1) is 10.3. The standard InChI is InChI=1S/C17H24N4/c1-4-6-7-8-12-21-17(18-19-20-21)16-11-9-10-15(13-16)14(3)5-2/h5,9-11,13H,4,6-8,12H2,1-3H3/b14-5-. The van der Waals surface area contributed by atoms with Gasteiger partial charge in [0, 0.05) is 12.1 Å². The van der Waals surface area contributed by atoms with Gasteiger partial charge >= 0.3 is 0 Å². The summed E-state index contributed by atoms with van der Waals surface area (Å²) in [6, 6.07) is 8.41. The fraction of sp³-hybridized carbons (Fsp3) is 0.471. The zero-order valence-corrected chi connectivity index (χ0v) is 13.2. The zero-order chi connectivity index (χ0) is 15.1. The highest BCUT2D eigenvalue weighted by molar-refractivity contribution is 5.68. The molecule has 1 aromatic carbocycles. The molecule has 21 heavy (non-hydrogen) atoms. The van der Waals surface area contributed by atoms with Gasteiger partial charge in [0.1, 0.15) is 0 Å².